The molecule has 0 radical (unpaired) electrons. The zero-order valence-electron chi connectivity index (χ0n) is 13.4. The van der Waals surface area contributed by atoms with E-state index in [2.05, 4.69) is 5.32 Å². The quantitative estimate of drug-likeness (QED) is 0.625. The molecule has 0 amide bonds. The second kappa shape index (κ2) is 8.63. The van der Waals surface area contributed by atoms with Crippen LogP contribution in [0.3, 0.4) is 0 Å². The molecule has 0 fully saturated rings. The van der Waals surface area contributed by atoms with Crippen molar-refractivity contribution in [2.45, 2.75) is 6.42 Å². The third-order valence-electron chi connectivity index (χ3n) is 3.41. The Hall–Kier alpha value is -2.75. The monoisotopic (exact) mass is 311 g/mol. The Balaban J connectivity index is 2.10. The standard InChI is InChI=1S/C19H21NO3/c1-22-18-11-7-6-8-15(18)14-16(19(21)23-2)12-13-20-17-9-4-3-5-10-17/h3-11,14,20H,12-13H2,1-2H3/b16-14+. The zero-order valence-corrected chi connectivity index (χ0v) is 13.4. The number of hydrogen-bond donors (Lipinski definition) is 1. The molecule has 1 N–H and O–H groups in total. The topological polar surface area (TPSA) is 47.6 Å². The molecule has 23 heavy (non-hydrogen) atoms. The van der Waals surface area contributed by atoms with E-state index in [0.717, 1.165) is 17.0 Å². The van der Waals surface area contributed by atoms with Gasteiger partial charge in [-0.05, 0) is 30.7 Å². The average molecular weight is 311 g/mol. The Morgan fingerprint density at radius 3 is 2.43 bits per heavy atom. The van der Waals surface area contributed by atoms with Gasteiger partial charge >= 0.3 is 5.97 Å². The van der Waals surface area contributed by atoms with Crippen LogP contribution >= 0.6 is 0 Å². The van der Waals surface area contributed by atoms with Gasteiger partial charge in [0, 0.05) is 23.4 Å². The number of esters is 1. The van der Waals surface area contributed by atoms with E-state index in [1.807, 2.05) is 60.7 Å². The zero-order chi connectivity index (χ0) is 16.5. The highest BCUT2D eigenvalue weighted by Gasteiger charge is 2.11. The van der Waals surface area contributed by atoms with E-state index in [1.165, 1.54) is 7.11 Å². The Bertz CT molecular complexity index is 665. The summed E-state index contributed by atoms with van der Waals surface area (Å²) in [6.45, 7) is 0.639. The van der Waals surface area contributed by atoms with Crippen molar-refractivity contribution in [2.75, 3.05) is 26.1 Å². The van der Waals surface area contributed by atoms with Crippen molar-refractivity contribution in [3.8, 4) is 5.75 Å². The van der Waals surface area contributed by atoms with Crippen molar-refractivity contribution in [2.24, 2.45) is 0 Å². The summed E-state index contributed by atoms with van der Waals surface area (Å²) in [4.78, 5) is 12.0. The molecule has 0 unspecified atom stereocenters. The summed E-state index contributed by atoms with van der Waals surface area (Å²) < 4.78 is 10.2. The molecule has 0 aliphatic carbocycles. The molecule has 0 atom stereocenters. The van der Waals surface area contributed by atoms with Crippen LogP contribution in [0.5, 0.6) is 5.75 Å². The SMILES string of the molecule is COC(=O)/C(=C/c1ccccc1OC)CCNc1ccccc1. The van der Waals surface area contributed by atoms with Gasteiger partial charge < -0.3 is 14.8 Å². The maximum Gasteiger partial charge on any atom is 0.333 e. The van der Waals surface area contributed by atoms with Crippen molar-refractivity contribution in [3.05, 3.63) is 65.7 Å². The second-order valence-corrected chi connectivity index (χ2v) is 4.95. The number of carbonyl (C=O) groups excluding carboxylic acids is 1. The van der Waals surface area contributed by atoms with Crippen molar-refractivity contribution in [3.63, 3.8) is 0 Å². The fraction of sp³-hybridized carbons (Fsp3) is 0.211. The number of hydrogen-bond acceptors (Lipinski definition) is 4. The van der Waals surface area contributed by atoms with Gasteiger partial charge in [0.2, 0.25) is 0 Å². The Labute approximate surface area is 136 Å². The first-order valence-electron chi connectivity index (χ1n) is 7.45. The number of rotatable bonds is 7. The van der Waals surface area contributed by atoms with Gasteiger partial charge in [-0.2, -0.15) is 0 Å². The fourth-order valence-corrected chi connectivity index (χ4v) is 2.24. The van der Waals surface area contributed by atoms with Crippen LogP contribution in [-0.2, 0) is 9.53 Å². The van der Waals surface area contributed by atoms with Gasteiger partial charge in [0.1, 0.15) is 5.75 Å². The van der Waals surface area contributed by atoms with Crippen molar-refractivity contribution < 1.29 is 14.3 Å². The minimum absolute atomic E-state index is 0.328. The first-order chi connectivity index (χ1) is 11.2. The minimum Gasteiger partial charge on any atom is -0.496 e. The van der Waals surface area contributed by atoms with E-state index >= 15 is 0 Å². The van der Waals surface area contributed by atoms with Gasteiger partial charge in [-0.25, -0.2) is 4.79 Å². The summed E-state index contributed by atoms with van der Waals surface area (Å²) in [5.74, 6) is 0.399. The minimum atomic E-state index is -0.328. The van der Waals surface area contributed by atoms with Crippen molar-refractivity contribution >= 4 is 17.7 Å². The number of para-hydroxylation sites is 2. The lowest BCUT2D eigenvalue weighted by atomic mass is 10.1. The van der Waals surface area contributed by atoms with E-state index in [4.69, 9.17) is 9.47 Å². The predicted octanol–water partition coefficient (Wildman–Crippen LogP) is 3.75. The molecule has 0 aromatic heterocycles. The van der Waals surface area contributed by atoms with E-state index in [1.54, 1.807) is 7.11 Å². The lowest BCUT2D eigenvalue weighted by molar-refractivity contribution is -0.136. The molecule has 0 spiro atoms. The molecule has 2 aromatic carbocycles. The Kier molecular flexibility index (Phi) is 6.24. The summed E-state index contributed by atoms with van der Waals surface area (Å²) in [6, 6.07) is 17.4. The van der Waals surface area contributed by atoms with Crippen LogP contribution in [0, 0.1) is 0 Å². The molecular formula is C19H21NO3. The molecule has 0 aliphatic rings. The van der Waals surface area contributed by atoms with Crippen LogP contribution in [0.15, 0.2) is 60.2 Å². The van der Waals surface area contributed by atoms with Gasteiger partial charge in [0.25, 0.3) is 0 Å². The maximum atomic E-state index is 12.0. The number of anilines is 1. The predicted molar refractivity (Wildman–Crippen MR) is 92.5 cm³/mol. The molecule has 2 rings (SSSR count). The average Bonchev–Trinajstić information content (AvgIpc) is 2.61. The summed E-state index contributed by atoms with van der Waals surface area (Å²) in [5.41, 5.74) is 2.48. The lowest BCUT2D eigenvalue weighted by Gasteiger charge is -2.10. The Morgan fingerprint density at radius 1 is 1.04 bits per heavy atom. The van der Waals surface area contributed by atoms with Gasteiger partial charge in [0.05, 0.1) is 14.2 Å². The number of methoxy groups -OCH3 is 2. The number of benzene rings is 2. The molecule has 0 bridgehead atoms. The second-order valence-electron chi connectivity index (χ2n) is 4.95. The van der Waals surface area contributed by atoms with Crippen LogP contribution in [0.1, 0.15) is 12.0 Å². The summed E-state index contributed by atoms with van der Waals surface area (Å²) in [7, 11) is 3.00. The van der Waals surface area contributed by atoms with Crippen LogP contribution < -0.4 is 10.1 Å². The highest BCUT2D eigenvalue weighted by Crippen LogP contribution is 2.22. The van der Waals surface area contributed by atoms with Crippen LogP contribution in [0.2, 0.25) is 0 Å². The molecule has 0 heterocycles. The summed E-state index contributed by atoms with van der Waals surface area (Å²) in [5, 5.41) is 3.29. The number of carbonyl (C=O) groups is 1. The molecule has 0 saturated heterocycles. The van der Waals surface area contributed by atoms with Crippen molar-refractivity contribution in [1.82, 2.24) is 0 Å². The number of nitrogens with one attached hydrogen (secondary N) is 1. The maximum absolute atomic E-state index is 12.0. The number of ether oxygens (including phenoxy) is 2. The van der Waals surface area contributed by atoms with Gasteiger partial charge in [0.15, 0.2) is 0 Å². The Morgan fingerprint density at radius 2 is 1.74 bits per heavy atom. The fourth-order valence-electron chi connectivity index (χ4n) is 2.24. The first-order valence-corrected chi connectivity index (χ1v) is 7.45. The van der Waals surface area contributed by atoms with Crippen LogP contribution in [0.25, 0.3) is 6.08 Å². The van der Waals surface area contributed by atoms with Gasteiger partial charge in [-0.1, -0.05) is 36.4 Å². The molecule has 120 valence electrons. The molecule has 2 aromatic rings. The van der Waals surface area contributed by atoms with Crippen LogP contribution in [0.4, 0.5) is 5.69 Å². The largest absolute Gasteiger partial charge is 0.496 e. The highest BCUT2D eigenvalue weighted by atomic mass is 16.5. The smallest absolute Gasteiger partial charge is 0.333 e. The van der Waals surface area contributed by atoms with Crippen molar-refractivity contribution in [1.29, 1.82) is 0 Å². The van der Waals surface area contributed by atoms with E-state index in [9.17, 15) is 4.79 Å². The molecule has 0 saturated carbocycles. The first kappa shape index (κ1) is 16.6. The molecule has 0 aliphatic heterocycles. The third kappa shape index (κ3) is 4.88. The summed E-state index contributed by atoms with van der Waals surface area (Å²) >= 11 is 0. The van der Waals surface area contributed by atoms with Crippen LogP contribution in [-0.4, -0.2) is 26.7 Å². The van der Waals surface area contributed by atoms with E-state index < -0.39 is 0 Å². The molecular weight excluding hydrogens is 290 g/mol. The van der Waals surface area contributed by atoms with E-state index in [0.29, 0.717) is 18.5 Å². The lowest BCUT2D eigenvalue weighted by Crippen LogP contribution is -2.10. The van der Waals surface area contributed by atoms with E-state index in [-0.39, 0.29) is 5.97 Å². The normalized spacial score (nSPS) is 11.0. The highest BCUT2D eigenvalue weighted by molar-refractivity contribution is 5.94. The summed E-state index contributed by atoms with van der Waals surface area (Å²) in [6.07, 6.45) is 2.37. The molecule has 4 nitrogen and oxygen atoms in total. The third-order valence-corrected chi connectivity index (χ3v) is 3.41. The van der Waals surface area contributed by atoms with Gasteiger partial charge in [-0.15, -0.1) is 0 Å². The molecule has 4 heteroatoms. The van der Waals surface area contributed by atoms with Gasteiger partial charge in [-0.3, -0.25) is 0 Å².